The average molecular weight is 287 g/mol. The molecule has 0 saturated heterocycles. The summed E-state index contributed by atoms with van der Waals surface area (Å²) in [5.41, 5.74) is 0. The average Bonchev–Trinajstić information content (AvgIpc) is 2.90. The van der Waals surface area contributed by atoms with Gasteiger partial charge in [0.15, 0.2) is 0 Å². The molecule has 0 spiro atoms. The van der Waals surface area contributed by atoms with Crippen molar-refractivity contribution in [2.24, 2.45) is 23.7 Å². The fourth-order valence-corrected chi connectivity index (χ4v) is 3.08. The van der Waals surface area contributed by atoms with Gasteiger partial charge in [-0.3, -0.25) is 0 Å². The van der Waals surface area contributed by atoms with E-state index in [2.05, 4.69) is 62.5 Å². The summed E-state index contributed by atoms with van der Waals surface area (Å²) in [7, 11) is 0. The van der Waals surface area contributed by atoms with Gasteiger partial charge in [0.25, 0.3) is 0 Å². The van der Waals surface area contributed by atoms with Gasteiger partial charge in [0, 0.05) is 16.5 Å². The fraction of sp³-hybridized carbons (Fsp3) is 0.529. The van der Waals surface area contributed by atoms with E-state index in [0.717, 1.165) is 11.8 Å². The zero-order valence-corrected chi connectivity index (χ0v) is 12.4. The first-order valence-electron chi connectivity index (χ1n) is 6.94. The normalized spacial score (nSPS) is 21.4. The van der Waals surface area contributed by atoms with E-state index in [1.165, 1.54) is 19.3 Å². The summed E-state index contributed by atoms with van der Waals surface area (Å²) >= 11 is 0. The Labute approximate surface area is 122 Å². The van der Waals surface area contributed by atoms with Crippen LogP contribution in [0.15, 0.2) is 48.6 Å². The van der Waals surface area contributed by atoms with E-state index in [4.69, 9.17) is 0 Å². The topological polar surface area (TPSA) is 0 Å². The Morgan fingerprint density at radius 2 is 1.06 bits per heavy atom. The smallest absolute Gasteiger partial charge is 0 e. The van der Waals surface area contributed by atoms with Crippen molar-refractivity contribution in [1.29, 1.82) is 0 Å². The van der Waals surface area contributed by atoms with Crippen molar-refractivity contribution in [3.8, 4) is 0 Å². The fourth-order valence-electron chi connectivity index (χ4n) is 3.08. The molecule has 0 bridgehead atoms. The predicted molar refractivity (Wildman–Crippen MR) is 75.7 cm³/mol. The minimum atomic E-state index is 0. The maximum absolute atomic E-state index is 2.40. The van der Waals surface area contributed by atoms with Crippen LogP contribution in [0.1, 0.15) is 33.1 Å². The van der Waals surface area contributed by atoms with Crippen molar-refractivity contribution >= 4 is 0 Å². The molecule has 18 heavy (non-hydrogen) atoms. The summed E-state index contributed by atoms with van der Waals surface area (Å²) in [6, 6.07) is 0. The third kappa shape index (κ3) is 4.98. The molecule has 0 aromatic carbocycles. The molecule has 0 aromatic heterocycles. The molecule has 2 aliphatic rings. The molecule has 102 valence electrons. The first-order valence-corrected chi connectivity index (χ1v) is 6.94. The molecule has 0 fully saturated rings. The maximum Gasteiger partial charge on any atom is 0 e. The van der Waals surface area contributed by atoms with E-state index in [1.54, 1.807) is 0 Å². The second-order valence-corrected chi connectivity index (χ2v) is 5.78. The van der Waals surface area contributed by atoms with Crippen LogP contribution in [-0.2, 0) is 16.5 Å². The van der Waals surface area contributed by atoms with Crippen molar-refractivity contribution < 1.29 is 16.5 Å². The third-order valence-electron chi connectivity index (χ3n) is 3.81. The van der Waals surface area contributed by atoms with Gasteiger partial charge in [-0.25, -0.2) is 0 Å². The van der Waals surface area contributed by atoms with E-state index < -0.39 is 0 Å². The van der Waals surface area contributed by atoms with Crippen molar-refractivity contribution in [3.05, 3.63) is 48.6 Å². The van der Waals surface area contributed by atoms with E-state index in [-0.39, 0.29) is 16.5 Å². The van der Waals surface area contributed by atoms with Gasteiger partial charge in [0.1, 0.15) is 0 Å². The van der Waals surface area contributed by atoms with Crippen LogP contribution in [0.25, 0.3) is 0 Å². The molecule has 0 saturated carbocycles. The van der Waals surface area contributed by atoms with Crippen LogP contribution in [0.2, 0.25) is 0 Å². The number of rotatable bonds is 6. The van der Waals surface area contributed by atoms with Crippen LogP contribution >= 0.6 is 0 Å². The molecule has 2 atom stereocenters. The zero-order valence-electron chi connectivity index (χ0n) is 11.4. The Bertz CT molecular complexity index is 291. The first-order chi connectivity index (χ1) is 8.24. The summed E-state index contributed by atoms with van der Waals surface area (Å²) < 4.78 is 0. The minimum absolute atomic E-state index is 0. The SMILES string of the molecule is CC(CC1C=CC=C1)CC(C)CC1C=CC=C1.[Ni]. The van der Waals surface area contributed by atoms with Crippen molar-refractivity contribution in [3.63, 3.8) is 0 Å². The summed E-state index contributed by atoms with van der Waals surface area (Å²) in [5, 5.41) is 0. The summed E-state index contributed by atoms with van der Waals surface area (Å²) in [4.78, 5) is 0. The molecule has 0 aliphatic heterocycles. The summed E-state index contributed by atoms with van der Waals surface area (Å²) in [5.74, 6) is 3.06. The van der Waals surface area contributed by atoms with Crippen LogP contribution in [-0.4, -0.2) is 0 Å². The van der Waals surface area contributed by atoms with Gasteiger partial charge >= 0.3 is 0 Å². The standard InChI is InChI=1S/C17H24.Ni/c1-14(12-16-7-3-4-8-16)11-15(2)13-17-9-5-6-10-17;/h3-10,14-17H,11-13H2,1-2H3;. The molecule has 0 radical (unpaired) electrons. The second kappa shape index (κ2) is 7.79. The van der Waals surface area contributed by atoms with Crippen molar-refractivity contribution in [2.45, 2.75) is 33.1 Å². The van der Waals surface area contributed by atoms with Gasteiger partial charge in [-0.05, 0) is 42.9 Å². The summed E-state index contributed by atoms with van der Waals surface area (Å²) in [6.45, 7) is 4.80. The molecule has 2 rings (SSSR count). The molecule has 0 N–H and O–H groups in total. The maximum atomic E-state index is 2.40. The van der Waals surface area contributed by atoms with Gasteiger partial charge in [-0.1, -0.05) is 62.5 Å². The van der Waals surface area contributed by atoms with E-state index in [9.17, 15) is 0 Å². The zero-order chi connectivity index (χ0) is 12.1. The molecule has 0 nitrogen and oxygen atoms in total. The molecule has 0 aromatic rings. The van der Waals surface area contributed by atoms with Gasteiger partial charge in [-0.15, -0.1) is 0 Å². The van der Waals surface area contributed by atoms with Crippen LogP contribution < -0.4 is 0 Å². The summed E-state index contributed by atoms with van der Waals surface area (Å²) in [6.07, 6.45) is 22.0. The number of hydrogen-bond donors (Lipinski definition) is 0. The van der Waals surface area contributed by atoms with E-state index in [1.807, 2.05) is 0 Å². The Kier molecular flexibility index (Phi) is 6.72. The predicted octanol–water partition coefficient (Wildman–Crippen LogP) is 4.91. The molecule has 0 amide bonds. The number of allylic oxidation sites excluding steroid dienone is 8. The molecule has 2 aliphatic carbocycles. The monoisotopic (exact) mass is 286 g/mol. The van der Waals surface area contributed by atoms with Crippen LogP contribution in [0.4, 0.5) is 0 Å². The van der Waals surface area contributed by atoms with Gasteiger partial charge < -0.3 is 0 Å². The third-order valence-corrected chi connectivity index (χ3v) is 3.81. The first kappa shape index (κ1) is 15.5. The Balaban J connectivity index is 0.00000162. The Morgan fingerprint density at radius 1 is 0.722 bits per heavy atom. The van der Waals surface area contributed by atoms with E-state index in [0.29, 0.717) is 11.8 Å². The van der Waals surface area contributed by atoms with Crippen molar-refractivity contribution in [2.75, 3.05) is 0 Å². The molecule has 0 heterocycles. The quantitative estimate of drug-likeness (QED) is 0.609. The van der Waals surface area contributed by atoms with Crippen LogP contribution in [0.5, 0.6) is 0 Å². The van der Waals surface area contributed by atoms with Crippen LogP contribution in [0.3, 0.4) is 0 Å². The molecule has 2 unspecified atom stereocenters. The van der Waals surface area contributed by atoms with Gasteiger partial charge in [0.05, 0.1) is 0 Å². The van der Waals surface area contributed by atoms with Crippen LogP contribution in [0, 0.1) is 23.7 Å². The van der Waals surface area contributed by atoms with Gasteiger partial charge in [-0.2, -0.15) is 0 Å². The van der Waals surface area contributed by atoms with E-state index >= 15 is 0 Å². The van der Waals surface area contributed by atoms with Gasteiger partial charge in [0.2, 0.25) is 0 Å². The Hall–Kier alpha value is -0.546. The Morgan fingerprint density at radius 3 is 1.39 bits per heavy atom. The molecule has 1 heteroatoms. The number of hydrogen-bond acceptors (Lipinski definition) is 0. The largest absolute Gasteiger partial charge is 0.0776 e. The molecular formula is C17H24Ni. The second-order valence-electron chi connectivity index (χ2n) is 5.78. The van der Waals surface area contributed by atoms with Crippen molar-refractivity contribution in [1.82, 2.24) is 0 Å². The molecular weight excluding hydrogens is 263 g/mol. The minimum Gasteiger partial charge on any atom is -0.0776 e.